The van der Waals surface area contributed by atoms with Gasteiger partial charge in [0.15, 0.2) is 0 Å². The summed E-state index contributed by atoms with van der Waals surface area (Å²) in [5.41, 5.74) is 0. The third kappa shape index (κ3) is 2.15. The second kappa shape index (κ2) is 4.04. The molecule has 0 radical (unpaired) electrons. The van der Waals surface area contributed by atoms with Gasteiger partial charge >= 0.3 is 0 Å². The lowest BCUT2D eigenvalue weighted by Crippen LogP contribution is -2.47. The normalized spacial score (nSPS) is 34.1. The van der Waals surface area contributed by atoms with E-state index in [0.29, 0.717) is 6.54 Å². The van der Waals surface area contributed by atoms with E-state index in [1.54, 1.807) is 0 Å². The van der Waals surface area contributed by atoms with E-state index in [0.717, 1.165) is 19.4 Å². The van der Waals surface area contributed by atoms with Crippen molar-refractivity contribution in [1.82, 2.24) is 4.90 Å². The highest BCUT2D eigenvalue weighted by Gasteiger charge is 2.25. The summed E-state index contributed by atoms with van der Waals surface area (Å²) < 4.78 is 0. The van der Waals surface area contributed by atoms with Crippen LogP contribution in [0.5, 0.6) is 0 Å². The van der Waals surface area contributed by atoms with Crippen molar-refractivity contribution in [3.8, 4) is 0 Å². The molecule has 3 heteroatoms. The van der Waals surface area contributed by atoms with Crippen LogP contribution in [0.3, 0.4) is 0 Å². The van der Waals surface area contributed by atoms with Gasteiger partial charge in [0.05, 0.1) is 12.7 Å². The van der Waals surface area contributed by atoms with Crippen LogP contribution in [0.25, 0.3) is 0 Å². The van der Waals surface area contributed by atoms with Gasteiger partial charge in [-0.05, 0) is 26.3 Å². The maximum absolute atomic E-state index is 9.45. The molecule has 11 heavy (non-hydrogen) atoms. The number of β-amino-alcohol motifs (C(OH)–C–C–N with tert-alkyl or cyclic N) is 1. The summed E-state index contributed by atoms with van der Waals surface area (Å²) in [5, 5.41) is 18.2. The van der Waals surface area contributed by atoms with Crippen molar-refractivity contribution >= 4 is 0 Å². The molecule has 0 aromatic carbocycles. The number of hydrogen-bond donors (Lipinski definition) is 2. The molecule has 1 aliphatic rings. The molecule has 0 amide bonds. The molecular formula is C8H17NO2. The van der Waals surface area contributed by atoms with Crippen LogP contribution in [-0.2, 0) is 0 Å². The van der Waals surface area contributed by atoms with Crippen LogP contribution in [0.15, 0.2) is 0 Å². The molecule has 1 saturated heterocycles. The fourth-order valence-corrected chi connectivity index (χ4v) is 1.64. The molecule has 2 N–H and O–H groups in total. The average molecular weight is 159 g/mol. The summed E-state index contributed by atoms with van der Waals surface area (Å²) in [6.45, 7) is 3.91. The molecule has 1 aliphatic heterocycles. The third-order valence-corrected chi connectivity index (χ3v) is 2.47. The van der Waals surface area contributed by atoms with Crippen molar-refractivity contribution in [2.45, 2.75) is 31.9 Å². The van der Waals surface area contributed by atoms with Crippen molar-refractivity contribution in [2.75, 3.05) is 19.7 Å². The minimum Gasteiger partial charge on any atom is -0.395 e. The topological polar surface area (TPSA) is 43.7 Å². The van der Waals surface area contributed by atoms with Gasteiger partial charge in [0.1, 0.15) is 0 Å². The highest BCUT2D eigenvalue weighted by Crippen LogP contribution is 2.16. The molecule has 0 aromatic rings. The van der Waals surface area contributed by atoms with E-state index in [-0.39, 0.29) is 18.8 Å². The van der Waals surface area contributed by atoms with Crippen molar-refractivity contribution in [1.29, 1.82) is 0 Å². The Hall–Kier alpha value is -0.120. The number of aliphatic hydroxyl groups excluding tert-OH is 2. The fourth-order valence-electron chi connectivity index (χ4n) is 1.64. The maximum Gasteiger partial charge on any atom is 0.0693 e. The SMILES string of the molecule is CC1C(O)CCCN1CCO. The van der Waals surface area contributed by atoms with Crippen LogP contribution >= 0.6 is 0 Å². The monoisotopic (exact) mass is 159 g/mol. The summed E-state index contributed by atoms with van der Waals surface area (Å²) in [4.78, 5) is 2.13. The van der Waals surface area contributed by atoms with Crippen molar-refractivity contribution in [3.05, 3.63) is 0 Å². The summed E-state index contributed by atoms with van der Waals surface area (Å²) in [6.07, 6.45) is 1.75. The lowest BCUT2D eigenvalue weighted by atomic mass is 10.0. The number of hydrogen-bond acceptors (Lipinski definition) is 3. The molecule has 3 nitrogen and oxygen atoms in total. The number of likely N-dealkylation sites (tertiary alicyclic amines) is 1. The van der Waals surface area contributed by atoms with Crippen LogP contribution in [0.4, 0.5) is 0 Å². The van der Waals surface area contributed by atoms with E-state index in [2.05, 4.69) is 4.90 Å². The predicted molar refractivity (Wildman–Crippen MR) is 43.4 cm³/mol. The summed E-state index contributed by atoms with van der Waals surface area (Å²) in [6, 6.07) is 0.218. The molecule has 2 atom stereocenters. The Morgan fingerprint density at radius 3 is 2.91 bits per heavy atom. The lowest BCUT2D eigenvalue weighted by molar-refractivity contribution is 0.0125. The first-order valence-electron chi connectivity index (χ1n) is 4.28. The van der Waals surface area contributed by atoms with Gasteiger partial charge < -0.3 is 10.2 Å². The van der Waals surface area contributed by atoms with Crippen LogP contribution in [-0.4, -0.2) is 47.0 Å². The van der Waals surface area contributed by atoms with Gasteiger partial charge in [-0.1, -0.05) is 0 Å². The van der Waals surface area contributed by atoms with Gasteiger partial charge in [-0.2, -0.15) is 0 Å². The quantitative estimate of drug-likeness (QED) is 0.587. The second-order valence-corrected chi connectivity index (χ2v) is 3.21. The first kappa shape index (κ1) is 8.97. The van der Waals surface area contributed by atoms with E-state index in [1.807, 2.05) is 6.92 Å². The van der Waals surface area contributed by atoms with Crippen molar-refractivity contribution in [3.63, 3.8) is 0 Å². The Kier molecular flexibility index (Phi) is 3.30. The van der Waals surface area contributed by atoms with Gasteiger partial charge in [-0.15, -0.1) is 0 Å². The zero-order valence-electron chi connectivity index (χ0n) is 7.03. The van der Waals surface area contributed by atoms with E-state index in [1.165, 1.54) is 0 Å². The highest BCUT2D eigenvalue weighted by atomic mass is 16.3. The van der Waals surface area contributed by atoms with E-state index in [9.17, 15) is 5.11 Å². The van der Waals surface area contributed by atoms with Crippen LogP contribution in [0.1, 0.15) is 19.8 Å². The molecule has 2 unspecified atom stereocenters. The lowest BCUT2D eigenvalue weighted by Gasteiger charge is -2.36. The Morgan fingerprint density at radius 2 is 2.27 bits per heavy atom. The minimum absolute atomic E-state index is 0.192. The van der Waals surface area contributed by atoms with Gasteiger partial charge in [0, 0.05) is 12.6 Å². The van der Waals surface area contributed by atoms with Crippen LogP contribution < -0.4 is 0 Å². The predicted octanol–water partition coefficient (Wildman–Crippen LogP) is -0.176. The largest absolute Gasteiger partial charge is 0.395 e. The molecule has 1 rings (SSSR count). The number of rotatable bonds is 2. The Labute approximate surface area is 67.6 Å². The van der Waals surface area contributed by atoms with Gasteiger partial charge in [0.25, 0.3) is 0 Å². The zero-order chi connectivity index (χ0) is 8.27. The fraction of sp³-hybridized carbons (Fsp3) is 1.00. The molecule has 0 bridgehead atoms. The van der Waals surface area contributed by atoms with Gasteiger partial charge in [0.2, 0.25) is 0 Å². The van der Waals surface area contributed by atoms with Crippen molar-refractivity contribution in [2.24, 2.45) is 0 Å². The summed E-state index contributed by atoms with van der Waals surface area (Å²) in [7, 11) is 0. The molecule has 1 fully saturated rings. The Morgan fingerprint density at radius 1 is 1.55 bits per heavy atom. The molecule has 0 saturated carbocycles. The standard InChI is InChI=1S/C8H17NO2/c1-7-8(11)3-2-4-9(7)5-6-10/h7-8,10-11H,2-6H2,1H3. The molecule has 66 valence electrons. The van der Waals surface area contributed by atoms with Gasteiger partial charge in [-0.3, -0.25) is 4.90 Å². The molecular weight excluding hydrogens is 142 g/mol. The number of aliphatic hydroxyl groups is 2. The average Bonchev–Trinajstić information content (AvgIpc) is 1.99. The zero-order valence-corrected chi connectivity index (χ0v) is 7.03. The van der Waals surface area contributed by atoms with E-state index in [4.69, 9.17) is 5.11 Å². The highest BCUT2D eigenvalue weighted by molar-refractivity contribution is 4.79. The van der Waals surface area contributed by atoms with Crippen molar-refractivity contribution < 1.29 is 10.2 Å². The Bertz CT molecular complexity index is 117. The number of nitrogens with zero attached hydrogens (tertiary/aromatic N) is 1. The molecule has 1 heterocycles. The van der Waals surface area contributed by atoms with E-state index >= 15 is 0 Å². The van der Waals surface area contributed by atoms with Gasteiger partial charge in [-0.25, -0.2) is 0 Å². The second-order valence-electron chi connectivity index (χ2n) is 3.21. The molecule has 0 aromatic heterocycles. The molecule has 0 spiro atoms. The summed E-state index contributed by atoms with van der Waals surface area (Å²) in [5.74, 6) is 0. The van der Waals surface area contributed by atoms with Crippen LogP contribution in [0.2, 0.25) is 0 Å². The smallest absolute Gasteiger partial charge is 0.0693 e. The molecule has 0 aliphatic carbocycles. The first-order chi connectivity index (χ1) is 5.25. The minimum atomic E-state index is -0.199. The van der Waals surface area contributed by atoms with E-state index < -0.39 is 0 Å². The third-order valence-electron chi connectivity index (χ3n) is 2.47. The first-order valence-corrected chi connectivity index (χ1v) is 4.28. The maximum atomic E-state index is 9.45. The Balaban J connectivity index is 2.38. The summed E-state index contributed by atoms with van der Waals surface area (Å²) >= 11 is 0. The van der Waals surface area contributed by atoms with Crippen LogP contribution in [0, 0.1) is 0 Å². The number of piperidine rings is 1.